The number of aliphatic carboxylic acids is 1. The molecule has 144 valence electrons. The molecule has 0 aliphatic carbocycles. The van der Waals surface area contributed by atoms with E-state index in [-0.39, 0.29) is 32.5 Å². The van der Waals surface area contributed by atoms with Crippen molar-refractivity contribution < 1.29 is 36.8 Å². The SMILES string of the molecule is O=C(O)CCCC(=O)OS(=O)(=O)NNCNC(=O)OCc1ccccc1. The fraction of sp³-hybridized carbons (Fsp3) is 0.357. The maximum atomic E-state index is 11.4. The maximum Gasteiger partial charge on any atom is 0.408 e. The first-order valence-electron chi connectivity index (χ1n) is 7.42. The van der Waals surface area contributed by atoms with E-state index in [4.69, 9.17) is 9.84 Å². The van der Waals surface area contributed by atoms with E-state index in [1.165, 1.54) is 0 Å². The summed E-state index contributed by atoms with van der Waals surface area (Å²) in [6, 6.07) is 8.93. The highest BCUT2D eigenvalue weighted by molar-refractivity contribution is 7.85. The number of carbonyl (C=O) groups excluding carboxylic acids is 2. The number of hydrogen-bond acceptors (Lipinski definition) is 8. The Morgan fingerprint density at radius 2 is 1.77 bits per heavy atom. The minimum atomic E-state index is -4.43. The van der Waals surface area contributed by atoms with E-state index in [0.717, 1.165) is 5.56 Å². The standard InChI is InChI=1S/C14H19N3O8S/c18-12(19)7-4-8-13(20)25-26(22,23)17-16-10-15-14(21)24-9-11-5-2-1-3-6-11/h1-3,5-6,16-17H,4,7-10H2,(H,15,21)(H,18,19). The number of amides is 1. The summed E-state index contributed by atoms with van der Waals surface area (Å²) in [5.74, 6) is -2.21. The van der Waals surface area contributed by atoms with Crippen LogP contribution in [0, 0.1) is 0 Å². The highest BCUT2D eigenvalue weighted by atomic mass is 32.2. The molecular weight excluding hydrogens is 370 g/mol. The van der Waals surface area contributed by atoms with Gasteiger partial charge in [0.25, 0.3) is 0 Å². The van der Waals surface area contributed by atoms with E-state index in [1.54, 1.807) is 29.1 Å². The topological polar surface area (TPSA) is 160 Å². The van der Waals surface area contributed by atoms with Gasteiger partial charge in [-0.05, 0) is 12.0 Å². The summed E-state index contributed by atoms with van der Waals surface area (Å²) in [6.07, 6.45) is -1.48. The van der Waals surface area contributed by atoms with Gasteiger partial charge in [-0.25, -0.2) is 10.2 Å². The third-order valence-electron chi connectivity index (χ3n) is 2.71. The Bertz CT molecular complexity index is 708. The summed E-state index contributed by atoms with van der Waals surface area (Å²) in [6.45, 7) is -0.282. The first kappa shape index (κ1) is 21.3. The van der Waals surface area contributed by atoms with E-state index < -0.39 is 28.3 Å². The molecule has 0 aliphatic rings. The molecule has 0 heterocycles. The normalized spacial score (nSPS) is 10.8. The largest absolute Gasteiger partial charge is 0.481 e. The van der Waals surface area contributed by atoms with E-state index in [2.05, 4.69) is 14.9 Å². The third-order valence-corrected chi connectivity index (χ3v) is 3.50. The summed E-state index contributed by atoms with van der Waals surface area (Å²) in [7, 11) is -4.43. The van der Waals surface area contributed by atoms with Crippen LogP contribution in [-0.2, 0) is 35.4 Å². The van der Waals surface area contributed by atoms with Gasteiger partial charge in [0.05, 0.1) is 6.67 Å². The lowest BCUT2D eigenvalue weighted by Crippen LogP contribution is -2.45. The van der Waals surface area contributed by atoms with Crippen LogP contribution in [0.5, 0.6) is 0 Å². The average molecular weight is 389 g/mol. The van der Waals surface area contributed by atoms with Crippen LogP contribution in [0.4, 0.5) is 4.79 Å². The number of hydrazine groups is 1. The zero-order valence-electron chi connectivity index (χ0n) is 13.6. The Balaban J connectivity index is 2.17. The van der Waals surface area contributed by atoms with Gasteiger partial charge >= 0.3 is 28.3 Å². The second-order valence-corrected chi connectivity index (χ2v) is 6.13. The van der Waals surface area contributed by atoms with Gasteiger partial charge in [0.1, 0.15) is 6.61 Å². The molecule has 12 heteroatoms. The van der Waals surface area contributed by atoms with Crippen LogP contribution in [0.25, 0.3) is 0 Å². The molecule has 0 saturated carbocycles. The molecular formula is C14H19N3O8S. The smallest absolute Gasteiger partial charge is 0.408 e. The number of nitrogens with one attached hydrogen (secondary N) is 3. The van der Waals surface area contributed by atoms with Crippen molar-refractivity contribution in [3.63, 3.8) is 0 Å². The number of benzene rings is 1. The van der Waals surface area contributed by atoms with E-state index >= 15 is 0 Å². The molecule has 11 nitrogen and oxygen atoms in total. The summed E-state index contributed by atoms with van der Waals surface area (Å²) in [5, 5.41) is 10.6. The zero-order chi connectivity index (χ0) is 19.4. The summed E-state index contributed by atoms with van der Waals surface area (Å²) in [4.78, 5) is 34.7. The molecule has 1 amide bonds. The lowest BCUT2D eigenvalue weighted by atomic mass is 10.2. The van der Waals surface area contributed by atoms with Crippen LogP contribution in [0.15, 0.2) is 30.3 Å². The van der Waals surface area contributed by atoms with Crippen molar-refractivity contribution in [3.8, 4) is 0 Å². The zero-order valence-corrected chi connectivity index (χ0v) is 14.5. The molecule has 0 saturated heterocycles. The summed E-state index contributed by atoms with van der Waals surface area (Å²) >= 11 is 0. The van der Waals surface area contributed by atoms with Crippen LogP contribution in [0.3, 0.4) is 0 Å². The lowest BCUT2D eigenvalue weighted by molar-refractivity contribution is -0.137. The van der Waals surface area contributed by atoms with Crippen molar-refractivity contribution >= 4 is 28.3 Å². The van der Waals surface area contributed by atoms with Gasteiger partial charge in [0.2, 0.25) is 0 Å². The molecule has 1 aromatic rings. The molecule has 0 bridgehead atoms. The Kier molecular flexibility index (Phi) is 9.05. The van der Waals surface area contributed by atoms with Crippen LogP contribution < -0.4 is 15.6 Å². The average Bonchev–Trinajstić information content (AvgIpc) is 2.57. The molecule has 0 aliphatic heterocycles. The van der Waals surface area contributed by atoms with Crippen molar-refractivity contribution in [1.29, 1.82) is 0 Å². The predicted octanol–water partition coefficient (Wildman–Crippen LogP) is 0.00740. The minimum absolute atomic E-state index is 0.0480. The fourth-order valence-corrected chi connectivity index (χ4v) is 2.20. The number of rotatable bonds is 11. The van der Waals surface area contributed by atoms with Crippen molar-refractivity contribution in [2.24, 2.45) is 0 Å². The van der Waals surface area contributed by atoms with Crippen LogP contribution in [-0.4, -0.2) is 38.2 Å². The monoisotopic (exact) mass is 389 g/mol. The Morgan fingerprint density at radius 1 is 1.08 bits per heavy atom. The van der Waals surface area contributed by atoms with Crippen molar-refractivity contribution in [1.82, 2.24) is 15.6 Å². The number of hydrogen-bond donors (Lipinski definition) is 4. The minimum Gasteiger partial charge on any atom is -0.481 e. The van der Waals surface area contributed by atoms with E-state index in [1.807, 2.05) is 6.07 Å². The number of carbonyl (C=O) groups is 3. The first-order valence-corrected chi connectivity index (χ1v) is 8.82. The number of alkyl carbamates (subject to hydrolysis) is 1. The van der Waals surface area contributed by atoms with Gasteiger partial charge in [0.15, 0.2) is 0 Å². The van der Waals surface area contributed by atoms with Crippen molar-refractivity contribution in [2.75, 3.05) is 6.67 Å². The van der Waals surface area contributed by atoms with Gasteiger partial charge in [-0.1, -0.05) is 30.3 Å². The van der Waals surface area contributed by atoms with Crippen molar-refractivity contribution in [3.05, 3.63) is 35.9 Å². The predicted molar refractivity (Wildman–Crippen MR) is 87.4 cm³/mol. The molecule has 1 aromatic carbocycles. The first-order chi connectivity index (χ1) is 12.3. The Labute approximate surface area is 149 Å². The Hall–Kier alpha value is -2.70. The number of carboxylic acids is 1. The van der Waals surface area contributed by atoms with Crippen molar-refractivity contribution in [2.45, 2.75) is 25.9 Å². The van der Waals surface area contributed by atoms with Crippen LogP contribution in [0.2, 0.25) is 0 Å². The molecule has 0 unspecified atom stereocenters. The van der Waals surface area contributed by atoms with Gasteiger partial charge in [-0.2, -0.15) is 8.42 Å². The quantitative estimate of drug-likeness (QED) is 0.232. The highest BCUT2D eigenvalue weighted by Crippen LogP contribution is 2.01. The molecule has 0 spiro atoms. The number of carboxylic acid groups (broad SMARTS) is 1. The van der Waals surface area contributed by atoms with E-state index in [0.29, 0.717) is 0 Å². The third kappa shape index (κ3) is 10.2. The molecule has 1 rings (SSSR count). The fourth-order valence-electron chi connectivity index (χ4n) is 1.58. The van der Waals surface area contributed by atoms with Gasteiger partial charge < -0.3 is 19.3 Å². The van der Waals surface area contributed by atoms with Crippen LogP contribution in [0.1, 0.15) is 24.8 Å². The molecule has 0 fully saturated rings. The second-order valence-electron chi connectivity index (χ2n) is 4.85. The van der Waals surface area contributed by atoms with Crippen LogP contribution >= 0.6 is 0 Å². The van der Waals surface area contributed by atoms with Gasteiger partial charge in [0, 0.05) is 12.8 Å². The van der Waals surface area contributed by atoms with Gasteiger partial charge in [-0.3, -0.25) is 9.59 Å². The lowest BCUT2D eigenvalue weighted by Gasteiger charge is -2.10. The summed E-state index contributed by atoms with van der Waals surface area (Å²) < 4.78 is 31.9. The second kappa shape index (κ2) is 11.0. The Morgan fingerprint density at radius 3 is 2.42 bits per heavy atom. The molecule has 0 aromatic heterocycles. The highest BCUT2D eigenvalue weighted by Gasteiger charge is 2.16. The van der Waals surface area contributed by atoms with E-state index in [9.17, 15) is 22.8 Å². The summed E-state index contributed by atoms with van der Waals surface area (Å²) in [5.41, 5.74) is 2.90. The van der Waals surface area contributed by atoms with Gasteiger partial charge in [-0.15, -0.1) is 4.83 Å². The molecule has 4 N–H and O–H groups in total. The number of ether oxygens (including phenoxy) is 1. The molecule has 26 heavy (non-hydrogen) atoms. The molecule has 0 radical (unpaired) electrons. The maximum absolute atomic E-state index is 11.4. The molecule has 0 atom stereocenters.